The Morgan fingerprint density at radius 1 is 1.27 bits per heavy atom. The fraction of sp³-hybridized carbons (Fsp3) is 0.462. The molecule has 1 aliphatic rings. The predicted molar refractivity (Wildman–Crippen MR) is 75.1 cm³/mol. The van der Waals surface area contributed by atoms with Crippen LogP contribution in [-0.4, -0.2) is 38.4 Å². The molecular formula is C13H15F3N2O3S. The van der Waals surface area contributed by atoms with E-state index in [-0.39, 0.29) is 29.8 Å². The Kier molecular flexibility index (Phi) is 4.76. The molecule has 0 aliphatic carbocycles. The number of nitrogens with one attached hydrogen (secondary N) is 2. The first kappa shape index (κ1) is 16.8. The minimum absolute atomic E-state index is 0.0561. The second-order valence-corrected chi connectivity index (χ2v) is 7.30. The molecular weight excluding hydrogens is 321 g/mol. The summed E-state index contributed by atoms with van der Waals surface area (Å²) in [6.45, 7) is -0.244. The monoisotopic (exact) mass is 336 g/mol. The molecule has 2 rings (SSSR count). The minimum atomic E-state index is -4.56. The summed E-state index contributed by atoms with van der Waals surface area (Å²) in [5, 5.41) is 4.93. The van der Waals surface area contributed by atoms with E-state index < -0.39 is 27.5 Å². The van der Waals surface area contributed by atoms with E-state index in [1.807, 2.05) is 0 Å². The Morgan fingerprint density at radius 3 is 2.55 bits per heavy atom. The van der Waals surface area contributed by atoms with E-state index in [0.29, 0.717) is 6.42 Å². The zero-order chi connectivity index (χ0) is 16.4. The van der Waals surface area contributed by atoms with Gasteiger partial charge < -0.3 is 10.6 Å². The van der Waals surface area contributed by atoms with Gasteiger partial charge in [-0.05, 0) is 18.6 Å². The summed E-state index contributed by atoms with van der Waals surface area (Å²) in [7, 11) is -3.07. The van der Waals surface area contributed by atoms with Crippen LogP contribution in [0.25, 0.3) is 0 Å². The minimum Gasteiger partial charge on any atom is -0.324 e. The number of hydrogen-bond donors (Lipinski definition) is 2. The van der Waals surface area contributed by atoms with Crippen LogP contribution in [0.2, 0.25) is 0 Å². The van der Waals surface area contributed by atoms with E-state index in [0.717, 1.165) is 6.07 Å². The van der Waals surface area contributed by atoms with Crippen LogP contribution in [0, 0.1) is 0 Å². The molecule has 2 N–H and O–H groups in total. The van der Waals surface area contributed by atoms with Crippen LogP contribution >= 0.6 is 0 Å². The number of para-hydroxylation sites is 1. The van der Waals surface area contributed by atoms with Crippen LogP contribution in [0.15, 0.2) is 24.3 Å². The van der Waals surface area contributed by atoms with Gasteiger partial charge in [-0.1, -0.05) is 12.1 Å². The molecule has 9 heteroatoms. The maximum Gasteiger partial charge on any atom is 0.418 e. The number of carbonyl (C=O) groups excluding carboxylic acids is 1. The van der Waals surface area contributed by atoms with Crippen molar-refractivity contribution in [2.45, 2.75) is 18.6 Å². The number of anilines is 1. The average molecular weight is 336 g/mol. The largest absolute Gasteiger partial charge is 0.418 e. The first-order chi connectivity index (χ1) is 10.2. The Morgan fingerprint density at radius 2 is 1.95 bits per heavy atom. The molecule has 1 aromatic rings. The molecule has 1 unspecified atom stereocenters. The van der Waals surface area contributed by atoms with E-state index in [4.69, 9.17) is 0 Å². The number of alkyl halides is 3. The van der Waals surface area contributed by atoms with Gasteiger partial charge in [-0.15, -0.1) is 0 Å². The summed E-state index contributed by atoms with van der Waals surface area (Å²) in [6.07, 6.45) is -4.16. The summed E-state index contributed by atoms with van der Waals surface area (Å²) in [5.74, 6) is -0.649. The third-order valence-electron chi connectivity index (χ3n) is 3.29. The highest BCUT2D eigenvalue weighted by atomic mass is 32.2. The van der Waals surface area contributed by atoms with Crippen molar-refractivity contribution in [3.8, 4) is 0 Å². The van der Waals surface area contributed by atoms with Gasteiger partial charge in [0.2, 0.25) is 5.91 Å². The van der Waals surface area contributed by atoms with Crippen molar-refractivity contribution in [3.05, 3.63) is 29.8 Å². The molecule has 1 fully saturated rings. The quantitative estimate of drug-likeness (QED) is 0.872. The van der Waals surface area contributed by atoms with Gasteiger partial charge in [0.15, 0.2) is 9.84 Å². The first-order valence-electron chi connectivity index (χ1n) is 6.57. The van der Waals surface area contributed by atoms with Crippen LogP contribution in [-0.2, 0) is 20.8 Å². The fourth-order valence-electron chi connectivity index (χ4n) is 2.23. The first-order valence-corrected chi connectivity index (χ1v) is 8.39. The van der Waals surface area contributed by atoms with Crippen molar-refractivity contribution in [3.63, 3.8) is 0 Å². The second kappa shape index (κ2) is 6.25. The second-order valence-electron chi connectivity index (χ2n) is 5.07. The van der Waals surface area contributed by atoms with Gasteiger partial charge in [0.1, 0.15) is 0 Å². The van der Waals surface area contributed by atoms with Crippen LogP contribution < -0.4 is 10.6 Å². The van der Waals surface area contributed by atoms with Gasteiger partial charge in [-0.25, -0.2) is 8.42 Å². The number of hydrogen-bond acceptors (Lipinski definition) is 4. The SMILES string of the molecule is O=C(CNC1CCS(=O)(=O)C1)Nc1ccccc1C(F)(F)F. The molecule has 5 nitrogen and oxygen atoms in total. The van der Waals surface area contributed by atoms with Gasteiger partial charge in [0, 0.05) is 6.04 Å². The zero-order valence-electron chi connectivity index (χ0n) is 11.5. The van der Waals surface area contributed by atoms with Crippen molar-refractivity contribution in [1.82, 2.24) is 5.32 Å². The lowest BCUT2D eigenvalue weighted by molar-refractivity contribution is -0.137. The molecule has 1 heterocycles. The van der Waals surface area contributed by atoms with Gasteiger partial charge in [-0.3, -0.25) is 4.79 Å². The molecule has 0 saturated carbocycles. The van der Waals surface area contributed by atoms with Gasteiger partial charge in [0.25, 0.3) is 0 Å². The van der Waals surface area contributed by atoms with Crippen molar-refractivity contribution >= 4 is 21.4 Å². The molecule has 1 saturated heterocycles. The lowest BCUT2D eigenvalue weighted by Gasteiger charge is -2.14. The van der Waals surface area contributed by atoms with E-state index in [1.165, 1.54) is 18.2 Å². The van der Waals surface area contributed by atoms with E-state index in [2.05, 4.69) is 10.6 Å². The number of carbonyl (C=O) groups is 1. The molecule has 0 aromatic heterocycles. The molecule has 0 spiro atoms. The van der Waals surface area contributed by atoms with Crippen LogP contribution in [0.4, 0.5) is 18.9 Å². The Labute approximate surface area is 125 Å². The zero-order valence-corrected chi connectivity index (χ0v) is 12.3. The topological polar surface area (TPSA) is 75.3 Å². The standard InChI is InChI=1S/C13H15F3N2O3S/c14-13(15,16)10-3-1-2-4-11(10)18-12(19)7-17-9-5-6-22(20,21)8-9/h1-4,9,17H,5-8H2,(H,18,19). The molecule has 0 bridgehead atoms. The molecule has 1 amide bonds. The van der Waals surface area contributed by atoms with Crippen molar-refractivity contribution in [2.24, 2.45) is 0 Å². The number of sulfone groups is 1. The number of rotatable bonds is 4. The summed E-state index contributed by atoms with van der Waals surface area (Å²) in [5.41, 5.74) is -1.24. The summed E-state index contributed by atoms with van der Waals surface area (Å²) < 4.78 is 60.9. The van der Waals surface area contributed by atoms with Crippen LogP contribution in [0.5, 0.6) is 0 Å². The summed E-state index contributed by atoms with van der Waals surface area (Å²) in [4.78, 5) is 11.7. The average Bonchev–Trinajstić information content (AvgIpc) is 2.75. The third-order valence-corrected chi connectivity index (χ3v) is 5.06. The number of amides is 1. The highest BCUT2D eigenvalue weighted by Gasteiger charge is 2.33. The van der Waals surface area contributed by atoms with Crippen molar-refractivity contribution in [1.29, 1.82) is 0 Å². The maximum absolute atomic E-state index is 12.8. The lowest BCUT2D eigenvalue weighted by Crippen LogP contribution is -2.37. The van der Waals surface area contributed by atoms with E-state index >= 15 is 0 Å². The van der Waals surface area contributed by atoms with Crippen LogP contribution in [0.1, 0.15) is 12.0 Å². The predicted octanol–water partition coefficient (Wildman–Crippen LogP) is 1.42. The highest BCUT2D eigenvalue weighted by Crippen LogP contribution is 2.34. The fourth-order valence-corrected chi connectivity index (χ4v) is 3.93. The summed E-state index contributed by atoms with van der Waals surface area (Å²) >= 11 is 0. The van der Waals surface area contributed by atoms with Gasteiger partial charge in [-0.2, -0.15) is 13.2 Å². The normalized spacial score (nSPS) is 20.8. The molecule has 22 heavy (non-hydrogen) atoms. The van der Waals surface area contributed by atoms with Crippen LogP contribution in [0.3, 0.4) is 0 Å². The molecule has 1 aliphatic heterocycles. The van der Waals surface area contributed by atoms with E-state index in [1.54, 1.807) is 0 Å². The molecule has 1 aromatic carbocycles. The molecule has 0 radical (unpaired) electrons. The Balaban J connectivity index is 1.93. The van der Waals surface area contributed by atoms with E-state index in [9.17, 15) is 26.4 Å². The molecule has 122 valence electrons. The maximum atomic E-state index is 12.8. The summed E-state index contributed by atoms with van der Waals surface area (Å²) in [6, 6.07) is 4.34. The number of halogens is 3. The van der Waals surface area contributed by atoms with Crippen molar-refractivity contribution < 1.29 is 26.4 Å². The number of benzene rings is 1. The Hall–Kier alpha value is -1.61. The van der Waals surface area contributed by atoms with Gasteiger partial charge in [0.05, 0.1) is 29.3 Å². The molecule has 1 atom stereocenters. The highest BCUT2D eigenvalue weighted by molar-refractivity contribution is 7.91. The third kappa shape index (κ3) is 4.44. The smallest absolute Gasteiger partial charge is 0.324 e. The van der Waals surface area contributed by atoms with Crippen molar-refractivity contribution in [2.75, 3.05) is 23.4 Å². The lowest BCUT2D eigenvalue weighted by atomic mass is 10.1. The van der Waals surface area contributed by atoms with Gasteiger partial charge >= 0.3 is 6.18 Å². The Bertz CT molecular complexity index is 659.